The van der Waals surface area contributed by atoms with Crippen LogP contribution in [-0.2, 0) is 4.57 Å². The third-order valence-corrected chi connectivity index (χ3v) is 4.25. The molecule has 0 fully saturated rings. The predicted molar refractivity (Wildman–Crippen MR) is 80.1 cm³/mol. The highest BCUT2D eigenvalue weighted by molar-refractivity contribution is 7.52. The molecule has 21 heavy (non-hydrogen) atoms. The number of hydrogen-bond donors (Lipinski definition) is 4. The van der Waals surface area contributed by atoms with Crippen LogP contribution in [-0.4, -0.2) is 20.5 Å². The fourth-order valence-corrected chi connectivity index (χ4v) is 2.28. The van der Waals surface area contributed by atoms with Crippen LogP contribution < -0.4 is 11.1 Å². The average molecular weight is 311 g/mol. The van der Waals surface area contributed by atoms with Gasteiger partial charge < -0.3 is 20.8 Å². The molecule has 1 unspecified atom stereocenters. The Bertz CT molecular complexity index is 758. The summed E-state index contributed by atoms with van der Waals surface area (Å²) in [6, 6.07) is 7.64. The summed E-state index contributed by atoms with van der Waals surface area (Å²) in [6.07, 6.45) is 0. The number of nitrogens with two attached hydrogens (primary N) is 1. The van der Waals surface area contributed by atoms with Crippen molar-refractivity contribution in [3.8, 4) is 0 Å². The van der Waals surface area contributed by atoms with Crippen molar-refractivity contribution in [3.63, 3.8) is 0 Å². The Morgan fingerprint density at radius 3 is 2.43 bits per heavy atom. The lowest BCUT2D eigenvalue weighted by Gasteiger charge is -2.19. The van der Waals surface area contributed by atoms with E-state index in [4.69, 9.17) is 15.5 Å². The van der Waals surface area contributed by atoms with Crippen molar-refractivity contribution < 1.29 is 19.3 Å². The van der Waals surface area contributed by atoms with Gasteiger partial charge in [-0.3, -0.25) is 14.7 Å². The Balaban J connectivity index is 2.65. The summed E-state index contributed by atoms with van der Waals surface area (Å²) in [6.45, 7) is 1.32. The monoisotopic (exact) mass is 311 g/mol. The maximum Gasteiger partial charge on any atom is 0.347 e. The van der Waals surface area contributed by atoms with Crippen LogP contribution in [0.15, 0.2) is 30.3 Å². The van der Waals surface area contributed by atoms with Gasteiger partial charge in [-0.2, -0.15) is 0 Å². The molecule has 0 aliphatic heterocycles. The van der Waals surface area contributed by atoms with Gasteiger partial charge >= 0.3 is 7.60 Å². The molecule has 2 aromatic rings. The number of nitrogens with zero attached hydrogens (tertiary/aromatic N) is 1. The highest BCUT2D eigenvalue weighted by atomic mass is 31.2. The van der Waals surface area contributed by atoms with E-state index in [0.29, 0.717) is 10.8 Å². The molecule has 0 aliphatic rings. The molecule has 0 aromatic heterocycles. The summed E-state index contributed by atoms with van der Waals surface area (Å²) < 4.78 is 11.2. The molecule has 0 saturated carbocycles. The standard InChI is InChI=1S/C12H14N3O5P/c1-7(21(18,19)20)14-12-9-5-3-2-4-8(9)11(15(16)17)6-10(12)13/h2-7,14H,13H2,1H3,(H2,18,19,20). The van der Waals surface area contributed by atoms with Crippen molar-refractivity contribution in [1.29, 1.82) is 0 Å². The molecule has 0 amide bonds. The fourth-order valence-electron chi connectivity index (χ4n) is 1.98. The first kappa shape index (κ1) is 15.2. The third-order valence-electron chi connectivity index (χ3n) is 3.11. The minimum absolute atomic E-state index is 0.0562. The summed E-state index contributed by atoms with van der Waals surface area (Å²) >= 11 is 0. The van der Waals surface area contributed by atoms with Crippen molar-refractivity contribution in [1.82, 2.24) is 0 Å². The van der Waals surface area contributed by atoms with Crippen LogP contribution >= 0.6 is 7.60 Å². The number of non-ortho nitro benzene ring substituents is 1. The Labute approximate surface area is 119 Å². The lowest BCUT2D eigenvalue weighted by molar-refractivity contribution is -0.383. The highest BCUT2D eigenvalue weighted by Gasteiger charge is 2.26. The van der Waals surface area contributed by atoms with Gasteiger partial charge in [-0.1, -0.05) is 18.2 Å². The van der Waals surface area contributed by atoms with E-state index in [1.54, 1.807) is 24.3 Å². The minimum atomic E-state index is -4.35. The van der Waals surface area contributed by atoms with Crippen LogP contribution in [0.2, 0.25) is 0 Å². The van der Waals surface area contributed by atoms with Gasteiger partial charge in [0.1, 0.15) is 5.78 Å². The summed E-state index contributed by atoms with van der Waals surface area (Å²) in [4.78, 5) is 28.8. The summed E-state index contributed by atoms with van der Waals surface area (Å²) in [7, 11) is -4.35. The molecule has 2 rings (SSSR count). The van der Waals surface area contributed by atoms with Crippen LogP contribution in [0, 0.1) is 10.1 Å². The van der Waals surface area contributed by atoms with E-state index in [0.717, 1.165) is 0 Å². The first-order valence-electron chi connectivity index (χ1n) is 5.99. The van der Waals surface area contributed by atoms with Crippen molar-refractivity contribution in [2.24, 2.45) is 0 Å². The molecule has 8 nitrogen and oxygen atoms in total. The van der Waals surface area contributed by atoms with Crippen molar-refractivity contribution in [3.05, 3.63) is 40.4 Å². The second-order valence-corrected chi connectivity index (χ2v) is 6.52. The van der Waals surface area contributed by atoms with Crippen LogP contribution in [0.25, 0.3) is 10.8 Å². The zero-order valence-corrected chi connectivity index (χ0v) is 11.9. The Morgan fingerprint density at radius 1 is 1.33 bits per heavy atom. The van der Waals surface area contributed by atoms with Crippen molar-refractivity contribution in [2.75, 3.05) is 11.1 Å². The summed E-state index contributed by atoms with van der Waals surface area (Å²) in [5.41, 5.74) is 5.97. The number of anilines is 2. The quantitative estimate of drug-likeness (QED) is 0.294. The number of hydrogen-bond acceptors (Lipinski definition) is 5. The average Bonchev–Trinajstić information content (AvgIpc) is 2.40. The van der Waals surface area contributed by atoms with Gasteiger partial charge in [-0.25, -0.2) is 0 Å². The van der Waals surface area contributed by atoms with E-state index < -0.39 is 18.3 Å². The zero-order valence-electron chi connectivity index (χ0n) is 11.1. The number of benzene rings is 2. The van der Waals surface area contributed by atoms with Crippen LogP contribution in [0.4, 0.5) is 17.1 Å². The van der Waals surface area contributed by atoms with Gasteiger partial charge in [-0.15, -0.1) is 0 Å². The molecule has 1 atom stereocenters. The summed E-state index contributed by atoms with van der Waals surface area (Å²) in [5.74, 6) is -1.16. The summed E-state index contributed by atoms with van der Waals surface area (Å²) in [5, 5.41) is 14.5. The third kappa shape index (κ3) is 2.97. The molecule has 112 valence electrons. The molecule has 0 radical (unpaired) electrons. The number of nitro groups is 1. The van der Waals surface area contributed by atoms with E-state index in [1.165, 1.54) is 13.0 Å². The Morgan fingerprint density at radius 2 is 1.90 bits per heavy atom. The maximum absolute atomic E-state index is 11.2. The molecule has 0 saturated heterocycles. The van der Waals surface area contributed by atoms with E-state index in [2.05, 4.69) is 5.32 Å². The Hall–Kier alpha value is -2.15. The van der Waals surface area contributed by atoms with Gasteiger partial charge in [0.15, 0.2) is 0 Å². The van der Waals surface area contributed by atoms with Gasteiger partial charge in [0.05, 0.1) is 21.7 Å². The first-order valence-corrected chi connectivity index (χ1v) is 7.67. The number of fused-ring (bicyclic) bond motifs is 1. The van der Waals surface area contributed by atoms with E-state index in [-0.39, 0.29) is 17.1 Å². The van der Waals surface area contributed by atoms with Gasteiger partial charge in [-0.05, 0) is 13.0 Å². The van der Waals surface area contributed by atoms with Gasteiger partial charge in [0.2, 0.25) is 0 Å². The maximum atomic E-state index is 11.2. The number of nitro benzene ring substituents is 1. The molecule has 0 heterocycles. The molecule has 2 aromatic carbocycles. The molecule has 0 spiro atoms. The molecule has 0 bridgehead atoms. The largest absolute Gasteiger partial charge is 0.397 e. The molecule has 5 N–H and O–H groups in total. The van der Waals surface area contributed by atoms with Gasteiger partial charge in [0, 0.05) is 11.5 Å². The lowest BCUT2D eigenvalue weighted by atomic mass is 10.1. The molecular weight excluding hydrogens is 297 g/mol. The SMILES string of the molecule is CC(Nc1c(N)cc([N+](=O)[O-])c2ccccc12)P(=O)(O)O. The van der Waals surface area contributed by atoms with E-state index in [9.17, 15) is 14.7 Å². The van der Waals surface area contributed by atoms with Crippen molar-refractivity contribution >= 4 is 35.4 Å². The predicted octanol–water partition coefficient (Wildman–Crippen LogP) is 2.27. The van der Waals surface area contributed by atoms with Crippen LogP contribution in [0.5, 0.6) is 0 Å². The normalized spacial score (nSPS) is 13.1. The Kier molecular flexibility index (Phi) is 3.87. The molecule has 9 heteroatoms. The molecular formula is C12H14N3O5P. The van der Waals surface area contributed by atoms with E-state index >= 15 is 0 Å². The fraction of sp³-hybridized carbons (Fsp3) is 0.167. The van der Waals surface area contributed by atoms with Crippen molar-refractivity contribution in [2.45, 2.75) is 12.7 Å². The number of nitrogen functional groups attached to an aromatic ring is 1. The highest BCUT2D eigenvalue weighted by Crippen LogP contribution is 2.44. The number of rotatable bonds is 4. The first-order chi connectivity index (χ1) is 9.71. The molecule has 0 aliphatic carbocycles. The second-order valence-electron chi connectivity index (χ2n) is 4.57. The van der Waals surface area contributed by atoms with Crippen LogP contribution in [0.3, 0.4) is 0 Å². The second kappa shape index (κ2) is 5.33. The zero-order chi connectivity index (χ0) is 15.8. The lowest BCUT2D eigenvalue weighted by Crippen LogP contribution is -2.16. The minimum Gasteiger partial charge on any atom is -0.397 e. The van der Waals surface area contributed by atoms with Gasteiger partial charge in [0.25, 0.3) is 5.69 Å². The smallest absolute Gasteiger partial charge is 0.347 e. The number of nitrogens with one attached hydrogen (secondary N) is 1. The topological polar surface area (TPSA) is 139 Å². The van der Waals surface area contributed by atoms with E-state index in [1.807, 2.05) is 0 Å². The van der Waals surface area contributed by atoms with Crippen LogP contribution in [0.1, 0.15) is 6.92 Å².